The topological polar surface area (TPSA) is 63.6 Å². The summed E-state index contributed by atoms with van der Waals surface area (Å²) in [6.45, 7) is 0. The fraction of sp³-hybridized carbons (Fsp3) is 0.500. The van der Waals surface area contributed by atoms with Gasteiger partial charge in [-0.05, 0) is 30.9 Å². The molecule has 1 aliphatic rings. The number of aliphatic hydroxyl groups is 1. The maximum Gasteiger partial charge on any atom is 0.184 e. The molecule has 1 aromatic rings. The molecule has 94 valence electrons. The van der Waals surface area contributed by atoms with Crippen LogP contribution in [0.5, 0.6) is 5.75 Å². The lowest BCUT2D eigenvalue weighted by Gasteiger charge is -2.12. The summed E-state index contributed by atoms with van der Waals surface area (Å²) >= 11 is 0. The highest BCUT2D eigenvalue weighted by Crippen LogP contribution is 2.34. The monoisotopic (exact) mass is 256 g/mol. The van der Waals surface area contributed by atoms with Crippen LogP contribution in [0.4, 0.5) is 0 Å². The molecule has 0 bridgehead atoms. The Bertz CT molecular complexity index is 491. The summed E-state index contributed by atoms with van der Waals surface area (Å²) in [5.41, 5.74) is 0. The Morgan fingerprint density at radius 3 is 2.65 bits per heavy atom. The van der Waals surface area contributed by atoms with Gasteiger partial charge in [-0.15, -0.1) is 0 Å². The van der Waals surface area contributed by atoms with Crippen molar-refractivity contribution in [3.8, 4) is 5.75 Å². The Hall–Kier alpha value is -1.07. The van der Waals surface area contributed by atoms with Crippen LogP contribution in [0.2, 0.25) is 0 Å². The number of rotatable bonds is 5. The number of benzene rings is 1. The Labute approximate surface area is 101 Å². The molecule has 0 aromatic heterocycles. The minimum absolute atomic E-state index is 0.152. The molecular weight excluding hydrogens is 240 g/mol. The molecule has 1 N–H and O–H groups in total. The van der Waals surface area contributed by atoms with E-state index in [9.17, 15) is 13.5 Å². The zero-order valence-electron chi connectivity index (χ0n) is 9.67. The number of sulfone groups is 1. The van der Waals surface area contributed by atoms with Crippen molar-refractivity contribution < 1.29 is 18.3 Å². The molecule has 0 spiro atoms. The quantitative estimate of drug-likeness (QED) is 0.861. The van der Waals surface area contributed by atoms with E-state index in [4.69, 9.17) is 4.74 Å². The predicted molar refractivity (Wildman–Crippen MR) is 63.8 cm³/mol. The SMILES string of the molecule is COc1ccccc1S(=O)(=O)CC(O)C1CC1. The molecule has 0 aliphatic heterocycles. The van der Waals surface area contributed by atoms with E-state index < -0.39 is 15.9 Å². The van der Waals surface area contributed by atoms with Crippen molar-refractivity contribution >= 4 is 9.84 Å². The molecule has 1 atom stereocenters. The molecular formula is C12H16O4S. The van der Waals surface area contributed by atoms with Gasteiger partial charge in [0.1, 0.15) is 10.6 Å². The standard InChI is InChI=1S/C12H16O4S/c1-16-11-4-2-3-5-12(11)17(14,15)8-10(13)9-6-7-9/h2-5,9-10,13H,6-8H2,1H3. The third kappa shape index (κ3) is 2.79. The van der Waals surface area contributed by atoms with E-state index in [1.807, 2.05) is 0 Å². The number of para-hydroxylation sites is 1. The second kappa shape index (κ2) is 4.66. The Morgan fingerprint density at radius 2 is 2.06 bits per heavy atom. The number of ether oxygens (including phenoxy) is 1. The van der Waals surface area contributed by atoms with Crippen LogP contribution < -0.4 is 4.74 Å². The highest BCUT2D eigenvalue weighted by atomic mass is 32.2. The minimum atomic E-state index is -3.48. The van der Waals surface area contributed by atoms with Crippen LogP contribution >= 0.6 is 0 Å². The largest absolute Gasteiger partial charge is 0.495 e. The Kier molecular flexibility index (Phi) is 3.40. The van der Waals surface area contributed by atoms with Gasteiger partial charge in [0.25, 0.3) is 0 Å². The highest BCUT2D eigenvalue weighted by molar-refractivity contribution is 7.91. The summed E-state index contributed by atoms with van der Waals surface area (Å²) in [6, 6.07) is 6.48. The molecule has 17 heavy (non-hydrogen) atoms. The van der Waals surface area contributed by atoms with Gasteiger partial charge < -0.3 is 9.84 Å². The Balaban J connectivity index is 2.24. The van der Waals surface area contributed by atoms with Gasteiger partial charge in [0.15, 0.2) is 9.84 Å². The predicted octanol–water partition coefficient (Wildman–Crippen LogP) is 1.24. The van der Waals surface area contributed by atoms with Crippen molar-refractivity contribution in [2.45, 2.75) is 23.8 Å². The van der Waals surface area contributed by atoms with Gasteiger partial charge in [-0.25, -0.2) is 8.42 Å². The summed E-state index contributed by atoms with van der Waals surface area (Å²) in [5, 5.41) is 9.73. The summed E-state index contributed by atoms with van der Waals surface area (Å²) < 4.78 is 29.3. The van der Waals surface area contributed by atoms with E-state index in [0.717, 1.165) is 12.8 Å². The maximum atomic E-state index is 12.1. The maximum absolute atomic E-state index is 12.1. The van der Waals surface area contributed by atoms with Crippen LogP contribution in [0.3, 0.4) is 0 Å². The first kappa shape index (κ1) is 12.4. The van der Waals surface area contributed by atoms with E-state index >= 15 is 0 Å². The second-order valence-electron chi connectivity index (χ2n) is 4.34. The number of hydrogen-bond acceptors (Lipinski definition) is 4. The van der Waals surface area contributed by atoms with Crippen LogP contribution in [-0.2, 0) is 9.84 Å². The molecule has 5 heteroatoms. The average Bonchev–Trinajstić information content (AvgIpc) is 3.12. The van der Waals surface area contributed by atoms with Crippen LogP contribution in [0.15, 0.2) is 29.2 Å². The van der Waals surface area contributed by atoms with Gasteiger partial charge in [0.2, 0.25) is 0 Å². The van der Waals surface area contributed by atoms with Gasteiger partial charge in [-0.1, -0.05) is 12.1 Å². The van der Waals surface area contributed by atoms with E-state index in [1.54, 1.807) is 18.2 Å². The van der Waals surface area contributed by atoms with Gasteiger partial charge in [-0.2, -0.15) is 0 Å². The van der Waals surface area contributed by atoms with Crippen molar-refractivity contribution in [3.63, 3.8) is 0 Å². The lowest BCUT2D eigenvalue weighted by Crippen LogP contribution is -2.23. The zero-order chi connectivity index (χ0) is 12.5. The lowest BCUT2D eigenvalue weighted by molar-refractivity contribution is 0.174. The number of hydrogen-bond donors (Lipinski definition) is 1. The van der Waals surface area contributed by atoms with Crippen molar-refractivity contribution in [1.82, 2.24) is 0 Å². The average molecular weight is 256 g/mol. The summed E-state index contributed by atoms with van der Waals surface area (Å²) in [4.78, 5) is 0.155. The van der Waals surface area contributed by atoms with Crippen molar-refractivity contribution in [1.29, 1.82) is 0 Å². The fourth-order valence-corrected chi connectivity index (χ4v) is 3.45. The van der Waals surface area contributed by atoms with Crippen LogP contribution in [0.25, 0.3) is 0 Å². The molecule has 1 aromatic carbocycles. The van der Waals surface area contributed by atoms with Gasteiger partial charge in [0, 0.05) is 0 Å². The van der Waals surface area contributed by atoms with Gasteiger partial charge in [-0.3, -0.25) is 0 Å². The van der Waals surface area contributed by atoms with Crippen molar-refractivity contribution in [2.24, 2.45) is 5.92 Å². The normalized spacial score (nSPS) is 17.8. The van der Waals surface area contributed by atoms with Gasteiger partial charge in [0.05, 0.1) is 19.0 Å². The minimum Gasteiger partial charge on any atom is -0.495 e. The van der Waals surface area contributed by atoms with E-state index in [1.165, 1.54) is 13.2 Å². The first-order valence-corrected chi connectivity index (χ1v) is 7.23. The third-order valence-electron chi connectivity index (χ3n) is 2.96. The fourth-order valence-electron chi connectivity index (χ4n) is 1.81. The second-order valence-corrected chi connectivity index (χ2v) is 6.34. The van der Waals surface area contributed by atoms with Crippen molar-refractivity contribution in [3.05, 3.63) is 24.3 Å². The molecule has 0 saturated heterocycles. The molecule has 0 amide bonds. The van der Waals surface area contributed by atoms with E-state index in [2.05, 4.69) is 0 Å². The summed E-state index contributed by atoms with van der Waals surface area (Å²) in [5.74, 6) is 0.257. The van der Waals surface area contributed by atoms with E-state index in [-0.39, 0.29) is 16.6 Å². The molecule has 1 saturated carbocycles. The smallest absolute Gasteiger partial charge is 0.184 e. The first-order chi connectivity index (χ1) is 8.04. The number of methoxy groups -OCH3 is 1. The molecule has 1 aliphatic carbocycles. The third-order valence-corrected chi connectivity index (χ3v) is 4.75. The number of aliphatic hydroxyl groups excluding tert-OH is 1. The zero-order valence-corrected chi connectivity index (χ0v) is 10.5. The lowest BCUT2D eigenvalue weighted by atomic mass is 10.3. The first-order valence-electron chi connectivity index (χ1n) is 5.58. The van der Waals surface area contributed by atoms with Gasteiger partial charge >= 0.3 is 0 Å². The molecule has 2 rings (SSSR count). The Morgan fingerprint density at radius 1 is 1.41 bits per heavy atom. The van der Waals surface area contributed by atoms with Crippen LogP contribution in [0.1, 0.15) is 12.8 Å². The molecule has 0 heterocycles. The molecule has 1 unspecified atom stereocenters. The molecule has 4 nitrogen and oxygen atoms in total. The highest BCUT2D eigenvalue weighted by Gasteiger charge is 2.34. The van der Waals surface area contributed by atoms with Crippen LogP contribution in [0, 0.1) is 5.92 Å². The van der Waals surface area contributed by atoms with Crippen LogP contribution in [-0.4, -0.2) is 32.5 Å². The van der Waals surface area contributed by atoms with E-state index in [0.29, 0.717) is 5.75 Å². The molecule has 0 radical (unpaired) electrons. The summed E-state index contributed by atoms with van der Waals surface area (Å²) in [6.07, 6.45) is 1.08. The molecule has 1 fully saturated rings. The van der Waals surface area contributed by atoms with Crippen molar-refractivity contribution in [2.75, 3.05) is 12.9 Å². The summed E-state index contributed by atoms with van der Waals surface area (Å²) in [7, 11) is -2.05.